The van der Waals surface area contributed by atoms with E-state index in [1.54, 1.807) is 48.2 Å². The highest BCUT2D eigenvalue weighted by atomic mass is 19.1. The van der Waals surface area contributed by atoms with Crippen LogP contribution in [0.2, 0.25) is 0 Å². The Bertz CT molecular complexity index is 1460. The highest BCUT2D eigenvalue weighted by Crippen LogP contribution is 2.39. The maximum atomic E-state index is 14.5. The van der Waals surface area contributed by atoms with Crippen molar-refractivity contribution in [1.82, 2.24) is 19.9 Å². The largest absolute Gasteiger partial charge is 0.481 e. The van der Waals surface area contributed by atoms with E-state index in [4.69, 9.17) is 10.5 Å². The molecule has 1 atom stereocenters. The average Bonchev–Trinajstić information content (AvgIpc) is 2.86. The number of rotatable bonds is 5. The van der Waals surface area contributed by atoms with Crippen LogP contribution in [0.4, 0.5) is 14.7 Å². The first kappa shape index (κ1) is 23.3. The zero-order chi connectivity index (χ0) is 25.4. The van der Waals surface area contributed by atoms with Crippen molar-refractivity contribution < 1.29 is 18.3 Å². The monoisotopic (exact) mass is 487 g/mol. The number of nitrogens with zero attached hydrogens (tertiary/aromatic N) is 4. The quantitative estimate of drug-likeness (QED) is 0.440. The van der Waals surface area contributed by atoms with Gasteiger partial charge in [0.25, 0.3) is 5.91 Å². The topological polar surface area (TPSA) is 94.2 Å². The number of halogens is 2. The minimum Gasteiger partial charge on any atom is -0.481 e. The van der Waals surface area contributed by atoms with Gasteiger partial charge < -0.3 is 15.4 Å². The van der Waals surface area contributed by atoms with Crippen molar-refractivity contribution in [3.8, 4) is 17.1 Å². The molecule has 5 rings (SSSR count). The molecule has 36 heavy (non-hydrogen) atoms. The second-order valence-electron chi connectivity index (χ2n) is 8.57. The molecular formula is C27H23F2N5O2. The van der Waals surface area contributed by atoms with Crippen molar-refractivity contribution in [3.05, 3.63) is 100 Å². The lowest BCUT2D eigenvalue weighted by Crippen LogP contribution is -2.41. The lowest BCUT2D eigenvalue weighted by atomic mass is 9.88. The molecule has 1 amide bonds. The minimum atomic E-state index is -0.521. The maximum Gasteiger partial charge on any atom is 0.258 e. The number of fused-ring (bicyclic) bond motifs is 1. The van der Waals surface area contributed by atoms with Gasteiger partial charge in [-0.15, -0.1) is 0 Å². The molecule has 0 unspecified atom stereocenters. The molecule has 0 spiro atoms. The number of aromatic nitrogens is 3. The molecule has 0 fully saturated rings. The summed E-state index contributed by atoms with van der Waals surface area (Å²) >= 11 is 0. The Balaban J connectivity index is 1.67. The van der Waals surface area contributed by atoms with Crippen LogP contribution < -0.4 is 10.5 Å². The van der Waals surface area contributed by atoms with E-state index in [0.29, 0.717) is 46.1 Å². The zero-order valence-electron chi connectivity index (χ0n) is 19.7. The van der Waals surface area contributed by atoms with Crippen molar-refractivity contribution in [2.75, 3.05) is 12.8 Å². The van der Waals surface area contributed by atoms with Gasteiger partial charge >= 0.3 is 0 Å². The van der Waals surface area contributed by atoms with E-state index in [1.165, 1.54) is 31.4 Å². The summed E-state index contributed by atoms with van der Waals surface area (Å²) in [6, 6.07) is 15.1. The molecule has 1 aliphatic heterocycles. The summed E-state index contributed by atoms with van der Waals surface area (Å²) in [6.07, 6.45) is 0.332. The van der Waals surface area contributed by atoms with Gasteiger partial charge in [0.1, 0.15) is 11.6 Å². The summed E-state index contributed by atoms with van der Waals surface area (Å²) < 4.78 is 33.3. The van der Waals surface area contributed by atoms with Crippen LogP contribution in [0.5, 0.6) is 5.88 Å². The van der Waals surface area contributed by atoms with Crippen LogP contribution in [0.3, 0.4) is 0 Å². The third-order valence-electron chi connectivity index (χ3n) is 6.27. The Hall–Kier alpha value is -4.40. The fourth-order valence-electron chi connectivity index (χ4n) is 4.63. The number of ether oxygens (including phenoxy) is 1. The third-order valence-corrected chi connectivity index (χ3v) is 6.27. The molecule has 9 heteroatoms. The van der Waals surface area contributed by atoms with E-state index in [9.17, 15) is 13.6 Å². The predicted molar refractivity (Wildman–Crippen MR) is 130 cm³/mol. The molecule has 182 valence electrons. The van der Waals surface area contributed by atoms with Gasteiger partial charge in [-0.3, -0.25) is 4.79 Å². The number of amides is 1. The summed E-state index contributed by atoms with van der Waals surface area (Å²) in [5.74, 6) is -0.619. The van der Waals surface area contributed by atoms with E-state index in [1.807, 2.05) is 0 Å². The highest BCUT2D eigenvalue weighted by molar-refractivity contribution is 5.98. The number of hydrogen-bond acceptors (Lipinski definition) is 6. The van der Waals surface area contributed by atoms with Crippen molar-refractivity contribution in [1.29, 1.82) is 0 Å². The van der Waals surface area contributed by atoms with Crippen LogP contribution in [0, 0.1) is 18.6 Å². The van der Waals surface area contributed by atoms with Crippen LogP contribution in [0.15, 0.2) is 60.7 Å². The van der Waals surface area contributed by atoms with Gasteiger partial charge in [-0.2, -0.15) is 0 Å². The Labute approximate surface area is 206 Å². The maximum absolute atomic E-state index is 14.5. The second-order valence-corrected chi connectivity index (χ2v) is 8.57. The normalized spacial score (nSPS) is 15.1. The molecule has 0 radical (unpaired) electrons. The molecular weight excluding hydrogens is 464 g/mol. The minimum absolute atomic E-state index is 0.0820. The number of pyridine rings is 1. The van der Waals surface area contributed by atoms with Gasteiger partial charge in [0.05, 0.1) is 35.8 Å². The summed E-state index contributed by atoms with van der Waals surface area (Å²) in [5, 5.41) is 0. The van der Waals surface area contributed by atoms with E-state index in [-0.39, 0.29) is 24.2 Å². The number of hydrogen-bond donors (Lipinski definition) is 1. The van der Waals surface area contributed by atoms with Crippen LogP contribution in [-0.2, 0) is 13.0 Å². The molecule has 4 aromatic rings. The van der Waals surface area contributed by atoms with Gasteiger partial charge in [-0.1, -0.05) is 24.3 Å². The number of benzene rings is 2. The van der Waals surface area contributed by atoms with Gasteiger partial charge in [0.15, 0.2) is 0 Å². The summed E-state index contributed by atoms with van der Waals surface area (Å²) in [5.41, 5.74) is 9.77. The first-order chi connectivity index (χ1) is 17.3. The standard InChI is InChI=1S/C27H23F2N5O2/c1-15-25-22(33-27(30)31-15)13-23(34(26(25)35)14-16-6-8-17(28)9-7-16)19-11-10-18(29)12-20(19)21-4-3-5-24(32-21)36-2/h3-12,23H,13-14H2,1-2H3,(H2,30,31,33)/t23-/m1/s1. The molecule has 0 bridgehead atoms. The first-order valence-corrected chi connectivity index (χ1v) is 11.3. The van der Waals surface area contributed by atoms with Crippen LogP contribution in [0.25, 0.3) is 11.3 Å². The molecule has 0 saturated heterocycles. The Kier molecular flexibility index (Phi) is 6.05. The molecule has 0 saturated carbocycles. The van der Waals surface area contributed by atoms with Gasteiger partial charge in [-0.25, -0.2) is 23.7 Å². The fourth-order valence-corrected chi connectivity index (χ4v) is 4.63. The van der Waals surface area contributed by atoms with Gasteiger partial charge in [0, 0.05) is 24.6 Å². The molecule has 2 aromatic carbocycles. The third kappa shape index (κ3) is 4.35. The SMILES string of the molecule is COc1cccc(-c2cc(F)ccc2[C@H]2Cc3nc(N)nc(C)c3C(=O)N2Cc2ccc(F)cc2)n1. The average molecular weight is 488 g/mol. The van der Waals surface area contributed by atoms with Gasteiger partial charge in [-0.05, 0) is 48.4 Å². The fraction of sp³-hybridized carbons (Fsp3) is 0.185. The molecule has 2 N–H and O–H groups in total. The molecule has 3 heterocycles. The van der Waals surface area contributed by atoms with Crippen molar-refractivity contribution in [2.24, 2.45) is 0 Å². The van der Waals surface area contributed by atoms with E-state index < -0.39 is 11.9 Å². The van der Waals surface area contributed by atoms with Crippen molar-refractivity contribution >= 4 is 11.9 Å². The van der Waals surface area contributed by atoms with Crippen LogP contribution in [-0.4, -0.2) is 32.9 Å². The Morgan fingerprint density at radius 3 is 2.53 bits per heavy atom. The lowest BCUT2D eigenvalue weighted by Gasteiger charge is -2.38. The molecule has 7 nitrogen and oxygen atoms in total. The number of nitrogens with two attached hydrogens (primary N) is 1. The van der Waals surface area contributed by atoms with Crippen LogP contribution in [0.1, 0.15) is 38.9 Å². The summed E-state index contributed by atoms with van der Waals surface area (Å²) in [7, 11) is 1.51. The number of nitrogen functional groups attached to an aromatic ring is 1. The van der Waals surface area contributed by atoms with Crippen molar-refractivity contribution in [2.45, 2.75) is 25.9 Å². The number of carbonyl (C=O) groups is 1. The zero-order valence-corrected chi connectivity index (χ0v) is 19.7. The molecule has 2 aromatic heterocycles. The Morgan fingerprint density at radius 1 is 1.03 bits per heavy atom. The number of methoxy groups -OCH3 is 1. The number of carbonyl (C=O) groups excluding carboxylic acids is 1. The van der Waals surface area contributed by atoms with E-state index in [0.717, 1.165) is 5.56 Å². The molecule has 0 aliphatic carbocycles. The second kappa shape index (κ2) is 9.33. The van der Waals surface area contributed by atoms with E-state index >= 15 is 0 Å². The van der Waals surface area contributed by atoms with Crippen molar-refractivity contribution in [3.63, 3.8) is 0 Å². The van der Waals surface area contributed by atoms with Crippen LogP contribution >= 0.6 is 0 Å². The predicted octanol–water partition coefficient (Wildman–Crippen LogP) is 4.66. The lowest BCUT2D eigenvalue weighted by molar-refractivity contribution is 0.0624. The number of anilines is 1. The smallest absolute Gasteiger partial charge is 0.258 e. The first-order valence-electron chi connectivity index (χ1n) is 11.3. The van der Waals surface area contributed by atoms with Gasteiger partial charge in [0.2, 0.25) is 11.8 Å². The highest BCUT2D eigenvalue weighted by Gasteiger charge is 2.37. The summed E-state index contributed by atoms with van der Waals surface area (Å²) in [4.78, 5) is 28.5. The summed E-state index contributed by atoms with van der Waals surface area (Å²) in [6.45, 7) is 1.92. The number of aryl methyl sites for hydroxylation is 1. The Morgan fingerprint density at radius 2 is 1.78 bits per heavy atom. The molecule has 1 aliphatic rings. The van der Waals surface area contributed by atoms with E-state index in [2.05, 4.69) is 15.0 Å².